The van der Waals surface area contributed by atoms with Crippen LogP contribution in [0.5, 0.6) is 11.5 Å². The van der Waals surface area contributed by atoms with Crippen LogP contribution in [-0.2, 0) is 6.61 Å². The van der Waals surface area contributed by atoms with E-state index in [2.05, 4.69) is 10.5 Å². The second-order valence-electron chi connectivity index (χ2n) is 5.60. The number of benzene rings is 2. The summed E-state index contributed by atoms with van der Waals surface area (Å²) >= 11 is 12.0. The summed E-state index contributed by atoms with van der Waals surface area (Å²) in [6.45, 7) is 0.0997. The molecule has 0 spiro atoms. The highest BCUT2D eigenvalue weighted by molar-refractivity contribution is 6.34. The maximum Gasteiger partial charge on any atom is 0.307 e. The van der Waals surface area contributed by atoms with Crippen molar-refractivity contribution in [2.75, 3.05) is 7.11 Å². The fourth-order valence-electron chi connectivity index (χ4n) is 2.22. The number of ether oxygens (including phenoxy) is 2. The van der Waals surface area contributed by atoms with Gasteiger partial charge in [-0.25, -0.2) is 5.43 Å². The van der Waals surface area contributed by atoms with Crippen molar-refractivity contribution >= 4 is 35.3 Å². The van der Waals surface area contributed by atoms with Gasteiger partial charge in [-0.15, -0.1) is 0 Å². The summed E-state index contributed by atoms with van der Waals surface area (Å²) in [4.78, 5) is 12.1. The van der Waals surface area contributed by atoms with E-state index in [1.54, 1.807) is 43.5 Å². The van der Waals surface area contributed by atoms with Crippen LogP contribution in [0.25, 0.3) is 0 Å². The van der Waals surface area contributed by atoms with Gasteiger partial charge in [0.2, 0.25) is 0 Å². The molecular weight excluding hydrogens is 403 g/mol. The quantitative estimate of drug-likeness (QED) is 0.435. The van der Waals surface area contributed by atoms with Crippen molar-refractivity contribution < 1.29 is 18.7 Å². The molecule has 1 N–H and O–H groups in total. The largest absolute Gasteiger partial charge is 0.497 e. The molecule has 1 aromatic heterocycles. The average Bonchev–Trinajstić information content (AvgIpc) is 3.18. The average molecular weight is 419 g/mol. The van der Waals surface area contributed by atoms with Crippen LogP contribution < -0.4 is 14.9 Å². The summed E-state index contributed by atoms with van der Waals surface area (Å²) in [7, 11) is 1.59. The third-order valence-corrected chi connectivity index (χ3v) is 4.19. The molecule has 0 radical (unpaired) electrons. The molecule has 0 aliphatic rings. The number of amides is 1. The van der Waals surface area contributed by atoms with E-state index in [-0.39, 0.29) is 12.4 Å². The van der Waals surface area contributed by atoms with Crippen LogP contribution in [-0.4, -0.2) is 19.2 Å². The Bertz CT molecular complexity index is 984. The number of carbonyl (C=O) groups excluding carboxylic acids is 1. The first-order valence-corrected chi connectivity index (χ1v) is 8.95. The highest BCUT2D eigenvalue weighted by Gasteiger charge is 2.11. The standard InChI is InChI=1S/C20H16Cl2N2O4/c1-26-15-5-2-13(3-6-15)11-23-24-20(25)18-9-7-16(28-18)12-27-19-10-14(21)4-8-17(19)22/h2-11H,12H2,1H3,(H,24,25). The molecule has 0 aliphatic heterocycles. The van der Waals surface area contributed by atoms with Crippen LogP contribution in [0.4, 0.5) is 0 Å². The van der Waals surface area contributed by atoms with Gasteiger partial charge in [-0.3, -0.25) is 4.79 Å². The Balaban J connectivity index is 1.54. The van der Waals surface area contributed by atoms with E-state index in [4.69, 9.17) is 37.1 Å². The summed E-state index contributed by atoms with van der Waals surface area (Å²) in [5.74, 6) is 1.27. The van der Waals surface area contributed by atoms with Gasteiger partial charge in [0.05, 0.1) is 18.3 Å². The molecule has 28 heavy (non-hydrogen) atoms. The van der Waals surface area contributed by atoms with Crippen LogP contribution >= 0.6 is 23.2 Å². The van der Waals surface area contributed by atoms with E-state index in [0.717, 1.165) is 11.3 Å². The molecule has 0 bridgehead atoms. The highest BCUT2D eigenvalue weighted by atomic mass is 35.5. The summed E-state index contributed by atoms with van der Waals surface area (Å²) in [5, 5.41) is 4.85. The Labute approximate surface area is 171 Å². The fourth-order valence-corrected chi connectivity index (χ4v) is 2.56. The van der Waals surface area contributed by atoms with E-state index in [1.165, 1.54) is 12.3 Å². The van der Waals surface area contributed by atoms with Crippen LogP contribution in [0.15, 0.2) is 64.1 Å². The number of furan rings is 1. The maximum absolute atomic E-state index is 12.1. The predicted molar refractivity (Wildman–Crippen MR) is 108 cm³/mol. The van der Waals surface area contributed by atoms with Gasteiger partial charge in [-0.1, -0.05) is 23.2 Å². The molecule has 3 aromatic rings. The maximum atomic E-state index is 12.1. The van der Waals surface area contributed by atoms with E-state index < -0.39 is 5.91 Å². The van der Waals surface area contributed by atoms with Crippen molar-refractivity contribution in [2.24, 2.45) is 5.10 Å². The first-order chi connectivity index (χ1) is 13.5. The van der Waals surface area contributed by atoms with Gasteiger partial charge in [0.1, 0.15) is 23.9 Å². The molecule has 3 rings (SSSR count). The third-order valence-electron chi connectivity index (χ3n) is 3.64. The minimum Gasteiger partial charge on any atom is -0.497 e. The lowest BCUT2D eigenvalue weighted by Crippen LogP contribution is -2.16. The van der Waals surface area contributed by atoms with E-state index in [1.807, 2.05) is 12.1 Å². The van der Waals surface area contributed by atoms with Crippen molar-refractivity contribution in [1.29, 1.82) is 0 Å². The smallest absolute Gasteiger partial charge is 0.307 e. The number of halogens is 2. The zero-order valence-corrected chi connectivity index (χ0v) is 16.3. The zero-order chi connectivity index (χ0) is 19.9. The van der Waals surface area contributed by atoms with Crippen molar-refractivity contribution in [3.63, 3.8) is 0 Å². The highest BCUT2D eigenvalue weighted by Crippen LogP contribution is 2.28. The Kier molecular flexibility index (Phi) is 6.57. The fraction of sp³-hybridized carbons (Fsp3) is 0.100. The molecule has 1 heterocycles. The van der Waals surface area contributed by atoms with Gasteiger partial charge in [0, 0.05) is 11.1 Å². The number of nitrogens with zero attached hydrogens (tertiary/aromatic N) is 1. The first-order valence-electron chi connectivity index (χ1n) is 8.19. The Morgan fingerprint density at radius 3 is 2.68 bits per heavy atom. The van der Waals surface area contributed by atoms with E-state index in [9.17, 15) is 4.79 Å². The number of hydrazone groups is 1. The van der Waals surface area contributed by atoms with Crippen LogP contribution in [0.1, 0.15) is 21.9 Å². The Hall–Kier alpha value is -2.96. The number of rotatable bonds is 7. The second kappa shape index (κ2) is 9.30. The molecule has 0 atom stereocenters. The third kappa shape index (κ3) is 5.28. The lowest BCUT2D eigenvalue weighted by Gasteiger charge is -2.06. The first kappa shape index (κ1) is 19.8. The molecule has 0 unspecified atom stereocenters. The SMILES string of the molecule is COc1ccc(C=NNC(=O)c2ccc(COc3cc(Cl)ccc3Cl)o2)cc1. The molecule has 8 heteroatoms. The molecule has 1 amide bonds. The number of hydrogen-bond donors (Lipinski definition) is 1. The van der Waals surface area contributed by atoms with E-state index >= 15 is 0 Å². The summed E-state index contributed by atoms with van der Waals surface area (Å²) < 4.78 is 16.1. The van der Waals surface area contributed by atoms with Gasteiger partial charge < -0.3 is 13.9 Å². The summed E-state index contributed by atoms with van der Waals surface area (Å²) in [6, 6.07) is 15.3. The lowest BCUT2D eigenvalue weighted by molar-refractivity contribution is 0.0923. The topological polar surface area (TPSA) is 73.1 Å². The number of nitrogens with one attached hydrogen (secondary N) is 1. The Morgan fingerprint density at radius 2 is 1.93 bits per heavy atom. The summed E-state index contributed by atoms with van der Waals surface area (Å²) in [6.07, 6.45) is 1.52. The molecule has 0 fully saturated rings. The molecule has 0 aliphatic carbocycles. The normalized spacial score (nSPS) is 10.8. The van der Waals surface area contributed by atoms with Crippen molar-refractivity contribution in [3.8, 4) is 11.5 Å². The van der Waals surface area contributed by atoms with Gasteiger partial charge >= 0.3 is 5.91 Å². The molecule has 144 valence electrons. The molecule has 2 aromatic carbocycles. The Morgan fingerprint density at radius 1 is 1.14 bits per heavy atom. The molecule has 0 saturated heterocycles. The van der Waals surface area contributed by atoms with Crippen molar-refractivity contribution in [3.05, 3.63) is 81.7 Å². The van der Waals surface area contributed by atoms with Crippen molar-refractivity contribution in [1.82, 2.24) is 5.43 Å². The van der Waals surface area contributed by atoms with Gasteiger partial charge in [0.25, 0.3) is 0 Å². The van der Waals surface area contributed by atoms with Gasteiger partial charge in [-0.05, 0) is 54.1 Å². The minimum absolute atomic E-state index is 0.0997. The number of hydrogen-bond acceptors (Lipinski definition) is 5. The van der Waals surface area contributed by atoms with Crippen LogP contribution in [0.2, 0.25) is 10.0 Å². The number of methoxy groups -OCH3 is 1. The molecular formula is C20H16Cl2N2O4. The zero-order valence-electron chi connectivity index (χ0n) is 14.8. The second-order valence-corrected chi connectivity index (χ2v) is 6.45. The van der Waals surface area contributed by atoms with Crippen molar-refractivity contribution in [2.45, 2.75) is 6.61 Å². The lowest BCUT2D eigenvalue weighted by atomic mass is 10.2. The minimum atomic E-state index is -0.475. The summed E-state index contributed by atoms with van der Waals surface area (Å²) in [5.41, 5.74) is 3.22. The van der Waals surface area contributed by atoms with Crippen LogP contribution in [0.3, 0.4) is 0 Å². The molecule has 0 saturated carbocycles. The van der Waals surface area contributed by atoms with Gasteiger partial charge in [0.15, 0.2) is 5.76 Å². The van der Waals surface area contributed by atoms with Crippen LogP contribution in [0, 0.1) is 0 Å². The van der Waals surface area contributed by atoms with Gasteiger partial charge in [-0.2, -0.15) is 5.10 Å². The van der Waals surface area contributed by atoms with E-state index in [0.29, 0.717) is 21.6 Å². The predicted octanol–water partition coefficient (Wildman–Crippen LogP) is 4.94. The molecule has 6 nitrogen and oxygen atoms in total. The monoisotopic (exact) mass is 418 g/mol. The number of carbonyl (C=O) groups is 1.